The molecule has 0 amide bonds. The lowest BCUT2D eigenvalue weighted by molar-refractivity contribution is -0.136. The lowest BCUT2D eigenvalue weighted by atomic mass is 10.1. The normalized spacial score (nSPS) is 11.1. The number of nitrogens with one attached hydrogen (secondary N) is 1. The Morgan fingerprint density at radius 1 is 1.08 bits per heavy atom. The standard InChI is InChI=1S/C15H21N3O6/c1-6-17-12(16-3)11(13(20)18(7-2)15(17)22)9(14(21)24-5)8-10(19)23-4/h8,16H,6-7H2,1-5H3/b9-8+. The summed E-state index contributed by atoms with van der Waals surface area (Å²) < 4.78 is 11.5. The molecule has 0 spiro atoms. The fourth-order valence-corrected chi connectivity index (χ4v) is 2.29. The second-order valence-electron chi connectivity index (χ2n) is 4.62. The van der Waals surface area contributed by atoms with Gasteiger partial charge in [-0.3, -0.25) is 13.9 Å². The Balaban J connectivity index is 3.99. The van der Waals surface area contributed by atoms with Crippen molar-refractivity contribution in [1.29, 1.82) is 0 Å². The lowest BCUT2D eigenvalue weighted by Crippen LogP contribution is -2.42. The molecule has 0 aliphatic heterocycles. The van der Waals surface area contributed by atoms with E-state index < -0.39 is 23.2 Å². The highest BCUT2D eigenvalue weighted by atomic mass is 16.5. The minimum absolute atomic E-state index is 0.112. The van der Waals surface area contributed by atoms with Crippen molar-refractivity contribution in [3.63, 3.8) is 0 Å². The number of ether oxygens (including phenoxy) is 2. The third-order valence-corrected chi connectivity index (χ3v) is 3.43. The zero-order valence-corrected chi connectivity index (χ0v) is 14.3. The van der Waals surface area contributed by atoms with Crippen LogP contribution >= 0.6 is 0 Å². The fourth-order valence-electron chi connectivity index (χ4n) is 2.29. The van der Waals surface area contributed by atoms with Crippen molar-refractivity contribution in [3.05, 3.63) is 32.5 Å². The number of hydrogen-bond donors (Lipinski definition) is 1. The minimum Gasteiger partial charge on any atom is -0.466 e. The molecule has 1 aromatic heterocycles. The van der Waals surface area contributed by atoms with Gasteiger partial charge in [0.15, 0.2) is 0 Å². The van der Waals surface area contributed by atoms with Crippen molar-refractivity contribution in [2.45, 2.75) is 26.9 Å². The summed E-state index contributed by atoms with van der Waals surface area (Å²) in [7, 11) is 3.78. The quantitative estimate of drug-likeness (QED) is 0.566. The van der Waals surface area contributed by atoms with Crippen molar-refractivity contribution in [2.24, 2.45) is 0 Å². The molecule has 1 rings (SSSR count). The summed E-state index contributed by atoms with van der Waals surface area (Å²) in [6, 6.07) is 0. The predicted octanol–water partition coefficient (Wildman–Crippen LogP) is -0.179. The molecule has 0 radical (unpaired) electrons. The first-order valence-corrected chi connectivity index (χ1v) is 7.31. The van der Waals surface area contributed by atoms with Crippen molar-refractivity contribution in [2.75, 3.05) is 26.6 Å². The smallest absolute Gasteiger partial charge is 0.339 e. The maximum absolute atomic E-state index is 12.7. The van der Waals surface area contributed by atoms with Gasteiger partial charge in [0.05, 0.1) is 25.4 Å². The number of nitrogens with zero attached hydrogens (tertiary/aromatic N) is 2. The minimum atomic E-state index is -0.891. The molecule has 0 atom stereocenters. The van der Waals surface area contributed by atoms with Crippen molar-refractivity contribution in [1.82, 2.24) is 9.13 Å². The maximum Gasteiger partial charge on any atom is 0.339 e. The van der Waals surface area contributed by atoms with E-state index >= 15 is 0 Å². The van der Waals surface area contributed by atoms with Crippen LogP contribution in [0.5, 0.6) is 0 Å². The summed E-state index contributed by atoms with van der Waals surface area (Å²) in [6.45, 7) is 3.72. The van der Waals surface area contributed by atoms with Gasteiger partial charge < -0.3 is 14.8 Å². The number of methoxy groups -OCH3 is 2. The van der Waals surface area contributed by atoms with Crippen molar-refractivity contribution in [3.8, 4) is 0 Å². The molecular weight excluding hydrogens is 318 g/mol. The molecule has 0 saturated carbocycles. The molecule has 0 fully saturated rings. The summed E-state index contributed by atoms with van der Waals surface area (Å²) in [5, 5.41) is 2.75. The predicted molar refractivity (Wildman–Crippen MR) is 87.9 cm³/mol. The van der Waals surface area contributed by atoms with Crippen LogP contribution in [0.2, 0.25) is 0 Å². The first-order chi connectivity index (χ1) is 11.4. The highest BCUT2D eigenvalue weighted by Crippen LogP contribution is 2.20. The van der Waals surface area contributed by atoms with Gasteiger partial charge in [0.1, 0.15) is 5.82 Å². The zero-order valence-electron chi connectivity index (χ0n) is 14.3. The summed E-state index contributed by atoms with van der Waals surface area (Å²) in [4.78, 5) is 48.8. The van der Waals surface area contributed by atoms with E-state index in [0.717, 1.165) is 24.9 Å². The molecule has 0 aliphatic carbocycles. The Kier molecular flexibility index (Phi) is 6.51. The van der Waals surface area contributed by atoms with Gasteiger partial charge >= 0.3 is 17.6 Å². The average Bonchev–Trinajstić information content (AvgIpc) is 2.59. The second kappa shape index (κ2) is 8.14. The van der Waals surface area contributed by atoms with E-state index in [-0.39, 0.29) is 30.0 Å². The summed E-state index contributed by atoms with van der Waals surface area (Å²) in [6.07, 6.45) is 0.869. The Bertz CT molecular complexity index is 788. The molecule has 0 aliphatic rings. The Labute approximate surface area is 138 Å². The highest BCUT2D eigenvalue weighted by Gasteiger charge is 2.26. The molecule has 1 aromatic rings. The lowest BCUT2D eigenvalue weighted by Gasteiger charge is -2.18. The molecule has 9 nitrogen and oxygen atoms in total. The van der Waals surface area contributed by atoms with Gasteiger partial charge in [-0.15, -0.1) is 0 Å². The van der Waals surface area contributed by atoms with Gasteiger partial charge in [-0.2, -0.15) is 0 Å². The Hall–Kier alpha value is -2.84. The van der Waals surface area contributed by atoms with E-state index in [0.29, 0.717) is 0 Å². The maximum atomic E-state index is 12.7. The molecule has 24 heavy (non-hydrogen) atoms. The molecule has 132 valence electrons. The number of rotatable bonds is 6. The molecule has 1 N–H and O–H groups in total. The third-order valence-electron chi connectivity index (χ3n) is 3.43. The second-order valence-corrected chi connectivity index (χ2v) is 4.62. The van der Waals surface area contributed by atoms with Gasteiger partial charge in [-0.25, -0.2) is 14.4 Å². The van der Waals surface area contributed by atoms with Crippen LogP contribution in [-0.4, -0.2) is 42.3 Å². The molecule has 0 bridgehead atoms. The van der Waals surface area contributed by atoms with Gasteiger partial charge in [-0.05, 0) is 13.8 Å². The fraction of sp³-hybridized carbons (Fsp3) is 0.467. The first kappa shape index (κ1) is 19.2. The number of carbonyl (C=O) groups excluding carboxylic acids is 2. The van der Waals surface area contributed by atoms with Crippen LogP contribution in [0, 0.1) is 0 Å². The van der Waals surface area contributed by atoms with Crippen LogP contribution < -0.4 is 16.6 Å². The number of anilines is 1. The van der Waals surface area contributed by atoms with Crippen LogP contribution in [0.15, 0.2) is 15.7 Å². The zero-order chi connectivity index (χ0) is 18.4. The van der Waals surface area contributed by atoms with E-state index in [1.165, 1.54) is 11.6 Å². The van der Waals surface area contributed by atoms with Gasteiger partial charge in [0, 0.05) is 26.2 Å². The molecule has 0 unspecified atom stereocenters. The van der Waals surface area contributed by atoms with Crippen molar-refractivity contribution >= 4 is 23.3 Å². The number of carbonyl (C=O) groups is 2. The Morgan fingerprint density at radius 3 is 2.08 bits per heavy atom. The van der Waals surface area contributed by atoms with E-state index in [2.05, 4.69) is 14.8 Å². The van der Waals surface area contributed by atoms with E-state index in [1.807, 2.05) is 0 Å². The number of aromatic nitrogens is 2. The van der Waals surface area contributed by atoms with Gasteiger partial charge in [0.2, 0.25) is 0 Å². The van der Waals surface area contributed by atoms with Crippen LogP contribution in [0.4, 0.5) is 5.82 Å². The van der Waals surface area contributed by atoms with E-state index in [9.17, 15) is 19.2 Å². The molecule has 9 heteroatoms. The first-order valence-electron chi connectivity index (χ1n) is 7.31. The summed E-state index contributed by atoms with van der Waals surface area (Å²) in [5.41, 5.74) is -1.63. The van der Waals surface area contributed by atoms with Crippen LogP contribution in [0.25, 0.3) is 5.57 Å². The van der Waals surface area contributed by atoms with Gasteiger partial charge in [0.25, 0.3) is 5.56 Å². The monoisotopic (exact) mass is 339 g/mol. The van der Waals surface area contributed by atoms with Gasteiger partial charge in [-0.1, -0.05) is 0 Å². The molecule has 1 heterocycles. The molecular formula is C15H21N3O6. The largest absolute Gasteiger partial charge is 0.466 e. The summed E-state index contributed by atoms with van der Waals surface area (Å²) in [5.74, 6) is -1.59. The van der Waals surface area contributed by atoms with Crippen LogP contribution in [0.1, 0.15) is 19.4 Å². The van der Waals surface area contributed by atoms with Crippen LogP contribution in [-0.2, 0) is 32.2 Å². The number of hydrogen-bond acceptors (Lipinski definition) is 7. The molecule has 0 saturated heterocycles. The average molecular weight is 339 g/mol. The summed E-state index contributed by atoms with van der Waals surface area (Å²) >= 11 is 0. The van der Waals surface area contributed by atoms with E-state index in [1.54, 1.807) is 13.8 Å². The van der Waals surface area contributed by atoms with Crippen molar-refractivity contribution < 1.29 is 19.1 Å². The third kappa shape index (κ3) is 3.39. The SMILES string of the molecule is CCn1c(NC)c(/C(=C\C(=O)OC)C(=O)OC)c(=O)n(CC)c1=O. The van der Waals surface area contributed by atoms with E-state index in [4.69, 9.17) is 0 Å². The van der Waals surface area contributed by atoms with Crippen LogP contribution in [0.3, 0.4) is 0 Å². The molecule has 0 aromatic carbocycles. The highest BCUT2D eigenvalue weighted by molar-refractivity contribution is 6.21. The topological polar surface area (TPSA) is 109 Å². The number of esters is 2. The Morgan fingerprint density at radius 2 is 1.67 bits per heavy atom.